The normalized spacial score (nSPS) is 16.8. The van der Waals surface area contributed by atoms with Gasteiger partial charge in [-0.25, -0.2) is 9.36 Å². The lowest BCUT2D eigenvalue weighted by Gasteiger charge is -2.31. The fourth-order valence-electron chi connectivity index (χ4n) is 5.49. The Morgan fingerprint density at radius 1 is 0.842 bits per heavy atom. The third-order valence-electron chi connectivity index (χ3n) is 7.01. The lowest BCUT2D eigenvalue weighted by Crippen LogP contribution is -2.35. The highest BCUT2D eigenvalue weighted by atomic mass is 19.4. The third-order valence-corrected chi connectivity index (χ3v) is 7.01. The van der Waals surface area contributed by atoms with Gasteiger partial charge < -0.3 is 16.2 Å². The van der Waals surface area contributed by atoms with Gasteiger partial charge in [0.1, 0.15) is 5.82 Å². The largest absolute Gasteiger partial charge is 0.493 e. The molecule has 0 aliphatic carbocycles. The number of aromatic nitrogens is 4. The summed E-state index contributed by atoms with van der Waals surface area (Å²) in [5, 5.41) is 23.3. The van der Waals surface area contributed by atoms with Gasteiger partial charge in [0.25, 0.3) is 0 Å². The van der Waals surface area contributed by atoms with E-state index >= 15 is 0 Å². The molecule has 3 heterocycles. The minimum atomic E-state index is -4.87. The van der Waals surface area contributed by atoms with Crippen molar-refractivity contribution in [2.24, 2.45) is 0 Å². The smallest absolute Gasteiger partial charge is 0.435 e. The van der Waals surface area contributed by atoms with Crippen molar-refractivity contribution in [3.63, 3.8) is 0 Å². The van der Waals surface area contributed by atoms with Crippen molar-refractivity contribution in [3.8, 4) is 17.3 Å². The average Bonchev–Trinajstić information content (AvgIpc) is 3.56. The fraction of sp³-hybridized carbons (Fsp3) is 0.143. The van der Waals surface area contributed by atoms with Crippen molar-refractivity contribution in [1.29, 1.82) is 0 Å². The molecule has 1 aliphatic rings. The quantitative estimate of drug-likeness (QED) is 0.296. The first-order valence-corrected chi connectivity index (χ1v) is 11.9. The molecule has 4 N–H and O–H groups in total. The van der Waals surface area contributed by atoms with Gasteiger partial charge in [-0.2, -0.15) is 23.4 Å². The van der Waals surface area contributed by atoms with E-state index < -0.39 is 23.2 Å². The summed E-state index contributed by atoms with van der Waals surface area (Å²) in [7, 11) is 0. The zero-order valence-corrected chi connectivity index (χ0v) is 20.2. The Morgan fingerprint density at radius 3 is 2.05 bits per heavy atom. The van der Waals surface area contributed by atoms with E-state index in [1.54, 1.807) is 61.5 Å². The molecule has 0 saturated carbocycles. The molecule has 0 bridgehead atoms. The maximum absolute atomic E-state index is 14.7. The first kappa shape index (κ1) is 23.7. The Hall–Kier alpha value is -4.73. The van der Waals surface area contributed by atoms with Gasteiger partial charge >= 0.3 is 6.18 Å². The number of aromatic hydroxyl groups is 1. The van der Waals surface area contributed by atoms with Crippen LogP contribution in [-0.4, -0.2) is 31.2 Å². The molecule has 1 aliphatic heterocycles. The summed E-state index contributed by atoms with van der Waals surface area (Å²) in [6.45, 7) is 1.72. The van der Waals surface area contributed by atoms with E-state index in [-0.39, 0.29) is 17.9 Å². The molecule has 7 nitrogen and oxygen atoms in total. The maximum atomic E-state index is 14.7. The maximum Gasteiger partial charge on any atom is 0.435 e. The molecule has 0 radical (unpaired) electrons. The predicted molar refractivity (Wildman–Crippen MR) is 138 cm³/mol. The van der Waals surface area contributed by atoms with Crippen LogP contribution in [0.15, 0.2) is 84.9 Å². The summed E-state index contributed by atoms with van der Waals surface area (Å²) >= 11 is 0. The molecule has 1 atom stereocenters. The van der Waals surface area contributed by atoms with Crippen LogP contribution in [0.2, 0.25) is 0 Å². The van der Waals surface area contributed by atoms with Gasteiger partial charge in [-0.05, 0) is 42.8 Å². The van der Waals surface area contributed by atoms with Crippen molar-refractivity contribution in [2.75, 3.05) is 17.6 Å². The van der Waals surface area contributed by atoms with Crippen LogP contribution in [-0.2, 0) is 11.6 Å². The molecule has 0 saturated heterocycles. The van der Waals surface area contributed by atoms with E-state index in [1.807, 2.05) is 30.3 Å². The molecule has 0 fully saturated rings. The highest BCUT2D eigenvalue weighted by molar-refractivity contribution is 5.75. The van der Waals surface area contributed by atoms with E-state index in [1.165, 1.54) is 4.68 Å². The van der Waals surface area contributed by atoms with E-state index in [2.05, 4.69) is 15.5 Å². The van der Waals surface area contributed by atoms with Crippen LogP contribution in [0.4, 0.5) is 24.7 Å². The standard InChI is InChI=1S/C28H23F3N6O/c1-17-22(25(32)36(34-17)18-10-4-2-5-11-18)27(16-33-21-15-9-8-14-20(21)27)23-24(28(29,30)31)35-37(26(23)38)19-12-6-3-7-13-19/h2-15,33,38H,16,32H2,1H3. The zero-order chi connectivity index (χ0) is 26.7. The molecule has 38 heavy (non-hydrogen) atoms. The van der Waals surface area contributed by atoms with Crippen molar-refractivity contribution in [2.45, 2.75) is 18.5 Å². The number of aryl methyl sites for hydroxylation is 1. The molecule has 0 spiro atoms. The van der Waals surface area contributed by atoms with Gasteiger partial charge in [-0.1, -0.05) is 54.6 Å². The monoisotopic (exact) mass is 516 g/mol. The second kappa shape index (κ2) is 8.41. The number of halogens is 3. The van der Waals surface area contributed by atoms with Gasteiger partial charge in [-0.15, -0.1) is 0 Å². The Labute approximate surface area is 216 Å². The van der Waals surface area contributed by atoms with Crippen molar-refractivity contribution < 1.29 is 18.3 Å². The number of fused-ring (bicyclic) bond motifs is 1. The second-order valence-corrected chi connectivity index (χ2v) is 9.19. The summed E-state index contributed by atoms with van der Waals surface area (Å²) in [5.41, 5.74) is 6.52. The molecule has 10 heteroatoms. The number of nitrogens with zero attached hydrogens (tertiary/aromatic N) is 4. The SMILES string of the molecule is Cc1nn(-c2ccccc2)c(N)c1C1(c2c(C(F)(F)F)nn(-c3ccccc3)c2O)CNc2ccccc21. The van der Waals surface area contributed by atoms with Crippen molar-refractivity contribution >= 4 is 11.5 Å². The molecule has 192 valence electrons. The van der Waals surface area contributed by atoms with Crippen LogP contribution in [0.25, 0.3) is 11.4 Å². The van der Waals surface area contributed by atoms with Crippen LogP contribution in [0.1, 0.15) is 28.1 Å². The number of hydrogen-bond donors (Lipinski definition) is 3. The fourth-order valence-corrected chi connectivity index (χ4v) is 5.49. The van der Waals surface area contributed by atoms with Crippen molar-refractivity contribution in [3.05, 3.63) is 113 Å². The topological polar surface area (TPSA) is 93.9 Å². The molecule has 5 aromatic rings. The molecule has 2 aromatic heterocycles. The highest BCUT2D eigenvalue weighted by Gasteiger charge is 2.54. The zero-order valence-electron chi connectivity index (χ0n) is 20.2. The summed E-state index contributed by atoms with van der Waals surface area (Å²) in [6.07, 6.45) is -4.87. The number of nitrogens with one attached hydrogen (secondary N) is 1. The highest BCUT2D eigenvalue weighted by Crippen LogP contribution is 2.55. The predicted octanol–water partition coefficient (Wildman–Crippen LogP) is 5.43. The first-order valence-electron chi connectivity index (χ1n) is 11.9. The van der Waals surface area contributed by atoms with E-state index in [4.69, 9.17) is 5.73 Å². The van der Waals surface area contributed by atoms with Crippen LogP contribution in [0.5, 0.6) is 5.88 Å². The molecule has 6 rings (SSSR count). The number of anilines is 2. The van der Waals surface area contributed by atoms with Gasteiger partial charge in [-0.3, -0.25) is 0 Å². The number of alkyl halides is 3. The lowest BCUT2D eigenvalue weighted by molar-refractivity contribution is -0.142. The summed E-state index contributed by atoms with van der Waals surface area (Å²) in [5.74, 6) is -0.444. The number of nitrogens with two attached hydrogens (primary N) is 1. The Bertz CT molecular complexity index is 1640. The molecular formula is C28H23F3N6O. The first-order chi connectivity index (χ1) is 18.2. The van der Waals surface area contributed by atoms with E-state index in [0.717, 1.165) is 4.68 Å². The average molecular weight is 517 g/mol. The lowest BCUT2D eigenvalue weighted by atomic mass is 9.70. The Kier molecular flexibility index (Phi) is 5.23. The van der Waals surface area contributed by atoms with Crippen LogP contribution >= 0.6 is 0 Å². The molecule has 3 aromatic carbocycles. The van der Waals surface area contributed by atoms with Gasteiger partial charge in [0.2, 0.25) is 5.88 Å². The van der Waals surface area contributed by atoms with Gasteiger partial charge in [0.15, 0.2) is 5.69 Å². The van der Waals surface area contributed by atoms with Crippen LogP contribution in [0, 0.1) is 6.92 Å². The Morgan fingerprint density at radius 2 is 1.42 bits per heavy atom. The van der Waals surface area contributed by atoms with Crippen molar-refractivity contribution in [1.82, 2.24) is 19.6 Å². The van der Waals surface area contributed by atoms with Crippen LogP contribution in [0.3, 0.4) is 0 Å². The van der Waals surface area contributed by atoms with E-state index in [9.17, 15) is 18.3 Å². The minimum Gasteiger partial charge on any atom is -0.493 e. The number of para-hydroxylation sites is 3. The van der Waals surface area contributed by atoms with Gasteiger partial charge in [0.05, 0.1) is 28.0 Å². The minimum absolute atomic E-state index is 0.00892. The summed E-state index contributed by atoms with van der Waals surface area (Å²) in [4.78, 5) is 0. The number of benzene rings is 3. The van der Waals surface area contributed by atoms with Gasteiger partial charge in [0, 0.05) is 17.8 Å². The third kappa shape index (κ3) is 3.37. The molecule has 0 amide bonds. The second-order valence-electron chi connectivity index (χ2n) is 9.19. The summed E-state index contributed by atoms with van der Waals surface area (Å²) in [6, 6.07) is 24.4. The summed E-state index contributed by atoms with van der Waals surface area (Å²) < 4.78 is 46.5. The molecule has 1 unspecified atom stereocenters. The van der Waals surface area contributed by atoms with E-state index in [0.29, 0.717) is 33.9 Å². The number of hydrogen-bond acceptors (Lipinski definition) is 5. The number of rotatable bonds is 4. The Balaban J connectivity index is 1.72. The number of nitrogen functional groups attached to an aromatic ring is 1. The van der Waals surface area contributed by atoms with Crippen LogP contribution < -0.4 is 11.1 Å². The molecular weight excluding hydrogens is 493 g/mol.